The topological polar surface area (TPSA) is 90.5 Å². The second-order valence-electron chi connectivity index (χ2n) is 7.83. The van der Waals surface area contributed by atoms with E-state index in [1.54, 1.807) is 21.7 Å². The van der Waals surface area contributed by atoms with Crippen LogP contribution in [0.3, 0.4) is 0 Å². The third-order valence-electron chi connectivity index (χ3n) is 5.58. The van der Waals surface area contributed by atoms with Crippen molar-refractivity contribution in [1.29, 1.82) is 0 Å². The van der Waals surface area contributed by atoms with E-state index in [4.69, 9.17) is 15.6 Å². The normalized spacial score (nSPS) is 15.8. The summed E-state index contributed by atoms with van der Waals surface area (Å²) < 4.78 is 7.55. The predicted octanol–water partition coefficient (Wildman–Crippen LogP) is 4.85. The van der Waals surface area contributed by atoms with Gasteiger partial charge in [0.25, 0.3) is 0 Å². The molecule has 7 nitrogen and oxygen atoms in total. The number of allylic oxidation sites excluding steroid dienone is 1. The van der Waals surface area contributed by atoms with Crippen molar-refractivity contribution in [2.75, 3.05) is 24.2 Å². The lowest BCUT2D eigenvalue weighted by Crippen LogP contribution is -2.27. The second kappa shape index (κ2) is 10.0. The number of Topliss-reactive ketones (excluding diaryl/α,β-unsaturated/α-hetero) is 1. The molecule has 1 saturated heterocycles. The Morgan fingerprint density at radius 1 is 1.15 bits per heavy atom. The lowest BCUT2D eigenvalue weighted by molar-refractivity contribution is -0.125. The van der Waals surface area contributed by atoms with Crippen molar-refractivity contribution in [1.82, 2.24) is 14.7 Å². The summed E-state index contributed by atoms with van der Waals surface area (Å²) >= 11 is 3.28. The van der Waals surface area contributed by atoms with E-state index in [2.05, 4.69) is 15.9 Å². The lowest BCUT2D eigenvalue weighted by atomic mass is 10.0. The summed E-state index contributed by atoms with van der Waals surface area (Å²) in [5.74, 6) is 1.57. The molecule has 33 heavy (non-hydrogen) atoms. The molecule has 4 rings (SSSR count). The van der Waals surface area contributed by atoms with Crippen LogP contribution in [-0.2, 0) is 4.79 Å². The highest BCUT2D eigenvalue weighted by Crippen LogP contribution is 2.34. The number of ketones is 1. The highest BCUT2D eigenvalue weighted by atomic mass is 79.9. The van der Waals surface area contributed by atoms with Gasteiger partial charge in [0.1, 0.15) is 23.0 Å². The molecule has 1 atom stereocenters. The summed E-state index contributed by atoms with van der Waals surface area (Å²) in [5, 5.41) is 5.35. The molecular weight excluding hydrogens is 484 g/mol. The molecule has 0 bridgehead atoms. The van der Waals surface area contributed by atoms with E-state index in [9.17, 15) is 9.59 Å². The molecule has 170 valence electrons. The van der Waals surface area contributed by atoms with Gasteiger partial charge in [0, 0.05) is 24.0 Å². The van der Waals surface area contributed by atoms with Gasteiger partial charge in [-0.3, -0.25) is 9.59 Å². The third kappa shape index (κ3) is 5.01. The van der Waals surface area contributed by atoms with E-state index in [0.717, 1.165) is 17.7 Å². The molecule has 8 heteroatoms. The number of carbonyl (C=O) groups excluding carboxylic acids is 2. The highest BCUT2D eigenvalue weighted by Gasteiger charge is 2.31. The van der Waals surface area contributed by atoms with E-state index in [-0.39, 0.29) is 17.7 Å². The van der Waals surface area contributed by atoms with E-state index >= 15 is 0 Å². The molecule has 1 fully saturated rings. The zero-order chi connectivity index (χ0) is 23.4. The van der Waals surface area contributed by atoms with Gasteiger partial charge < -0.3 is 15.4 Å². The molecule has 0 saturated carbocycles. The van der Waals surface area contributed by atoms with Crippen LogP contribution in [0.5, 0.6) is 11.5 Å². The molecule has 1 aliphatic heterocycles. The largest absolute Gasteiger partial charge is 0.457 e. The maximum Gasteiger partial charge on any atom is 0.246 e. The van der Waals surface area contributed by atoms with Gasteiger partial charge >= 0.3 is 0 Å². The van der Waals surface area contributed by atoms with E-state index in [1.165, 1.54) is 6.92 Å². The minimum absolute atomic E-state index is 0.0382. The smallest absolute Gasteiger partial charge is 0.246 e. The third-order valence-corrected chi connectivity index (χ3v) is 5.95. The fourth-order valence-corrected chi connectivity index (χ4v) is 4.16. The van der Waals surface area contributed by atoms with Gasteiger partial charge in [-0.25, -0.2) is 4.68 Å². The Bertz CT molecular complexity index is 1170. The van der Waals surface area contributed by atoms with Crippen molar-refractivity contribution in [2.24, 2.45) is 0 Å². The Balaban J connectivity index is 1.58. The zero-order valence-corrected chi connectivity index (χ0v) is 19.9. The quantitative estimate of drug-likeness (QED) is 0.279. The van der Waals surface area contributed by atoms with Crippen LogP contribution in [0.25, 0.3) is 11.3 Å². The van der Waals surface area contributed by atoms with Crippen LogP contribution in [0, 0.1) is 0 Å². The van der Waals surface area contributed by atoms with Gasteiger partial charge in [0.05, 0.1) is 11.6 Å². The number of nitrogens with zero attached hydrogens (tertiary/aromatic N) is 3. The van der Waals surface area contributed by atoms with Gasteiger partial charge in [-0.2, -0.15) is 5.10 Å². The fraction of sp³-hybridized carbons (Fsp3) is 0.240. The van der Waals surface area contributed by atoms with Gasteiger partial charge in [0.15, 0.2) is 5.78 Å². The first-order chi connectivity index (χ1) is 16.0. The van der Waals surface area contributed by atoms with Crippen LogP contribution < -0.4 is 10.5 Å². The highest BCUT2D eigenvalue weighted by molar-refractivity contribution is 9.09. The van der Waals surface area contributed by atoms with Crippen LogP contribution >= 0.6 is 15.9 Å². The van der Waals surface area contributed by atoms with Gasteiger partial charge in [-0.1, -0.05) is 40.2 Å². The molecule has 0 unspecified atom stereocenters. The van der Waals surface area contributed by atoms with E-state index in [0.29, 0.717) is 41.2 Å². The monoisotopic (exact) mass is 508 g/mol. The summed E-state index contributed by atoms with van der Waals surface area (Å²) in [6.45, 7) is 2.60. The number of rotatable bonds is 7. The maximum absolute atomic E-state index is 12.5. The Kier molecular flexibility index (Phi) is 6.93. The lowest BCUT2D eigenvalue weighted by Gasteiger charge is -2.15. The number of amides is 1. The van der Waals surface area contributed by atoms with Gasteiger partial charge in [-0.15, -0.1) is 0 Å². The number of anilines is 1. The number of alkyl halides is 1. The average Bonchev–Trinajstić information content (AvgIpc) is 3.43. The molecule has 2 N–H and O–H groups in total. The second-order valence-corrected chi connectivity index (χ2v) is 8.48. The summed E-state index contributed by atoms with van der Waals surface area (Å²) in [6, 6.07) is 16.9. The number of para-hydroxylation sites is 1. The van der Waals surface area contributed by atoms with Crippen molar-refractivity contribution < 1.29 is 14.3 Å². The van der Waals surface area contributed by atoms with E-state index < -0.39 is 0 Å². The summed E-state index contributed by atoms with van der Waals surface area (Å²) in [4.78, 5) is 26.5. The number of hydrogen-bond donors (Lipinski definition) is 1. The average molecular weight is 509 g/mol. The number of hydrogen-bond acceptors (Lipinski definition) is 5. The van der Waals surface area contributed by atoms with Crippen molar-refractivity contribution in [3.63, 3.8) is 0 Å². The number of carbonyl (C=O) groups is 2. The Hall–Kier alpha value is -3.39. The Morgan fingerprint density at radius 3 is 2.52 bits per heavy atom. The summed E-state index contributed by atoms with van der Waals surface area (Å²) in [7, 11) is 0. The first-order valence-electron chi connectivity index (χ1n) is 10.7. The standard InChI is InChI=1S/C25H25BrN4O3/c1-17(31)23-24(18-9-11-21(12-10-18)33-20-6-3-2-4-7-20)28-30(25(23)27)19-13-15-29(16-19)22(32)8-5-14-26/h2-12,19H,13-16,27H2,1H3/b8-5+/t19-/m1/s1. The fourth-order valence-electron chi connectivity index (χ4n) is 3.97. The molecule has 2 aromatic carbocycles. The molecular formula is C25H25BrN4O3. The van der Waals surface area contributed by atoms with Crippen molar-refractivity contribution in [3.8, 4) is 22.8 Å². The number of halogens is 1. The van der Waals surface area contributed by atoms with Gasteiger partial charge in [-0.05, 0) is 55.8 Å². The van der Waals surface area contributed by atoms with Crippen molar-refractivity contribution >= 4 is 33.4 Å². The molecule has 0 radical (unpaired) electrons. The van der Waals surface area contributed by atoms with Crippen LogP contribution in [-0.4, -0.2) is 44.8 Å². The Labute approximate surface area is 201 Å². The number of benzene rings is 2. The van der Waals surface area contributed by atoms with Gasteiger partial charge in [0.2, 0.25) is 5.91 Å². The van der Waals surface area contributed by atoms with Crippen LogP contribution in [0.2, 0.25) is 0 Å². The number of likely N-dealkylation sites (tertiary alicyclic amines) is 1. The van der Waals surface area contributed by atoms with Crippen molar-refractivity contribution in [2.45, 2.75) is 19.4 Å². The Morgan fingerprint density at radius 2 is 1.85 bits per heavy atom. The first kappa shape index (κ1) is 22.8. The molecule has 1 aromatic heterocycles. The first-order valence-corrected chi connectivity index (χ1v) is 11.8. The minimum Gasteiger partial charge on any atom is -0.457 e. The number of aromatic nitrogens is 2. The summed E-state index contributed by atoms with van der Waals surface area (Å²) in [6.07, 6.45) is 4.06. The number of nitrogen functional groups attached to an aromatic ring is 1. The van der Waals surface area contributed by atoms with E-state index in [1.807, 2.05) is 54.6 Å². The van der Waals surface area contributed by atoms with Crippen LogP contribution in [0.1, 0.15) is 29.7 Å². The molecule has 2 heterocycles. The molecule has 1 amide bonds. The summed E-state index contributed by atoms with van der Waals surface area (Å²) in [5.41, 5.74) is 8.10. The number of ether oxygens (including phenoxy) is 1. The molecule has 1 aliphatic rings. The molecule has 0 spiro atoms. The zero-order valence-electron chi connectivity index (χ0n) is 18.3. The minimum atomic E-state index is -0.149. The SMILES string of the molecule is CC(=O)c1c(-c2ccc(Oc3ccccc3)cc2)nn([C@@H]2CCN(C(=O)/C=C/CBr)C2)c1N. The predicted molar refractivity (Wildman–Crippen MR) is 132 cm³/mol. The maximum atomic E-state index is 12.5. The van der Waals surface area contributed by atoms with Crippen LogP contribution in [0.15, 0.2) is 66.7 Å². The van der Waals surface area contributed by atoms with Crippen LogP contribution in [0.4, 0.5) is 5.82 Å². The number of nitrogens with two attached hydrogens (primary N) is 1. The molecule has 0 aliphatic carbocycles. The van der Waals surface area contributed by atoms with Crippen molar-refractivity contribution in [3.05, 3.63) is 72.3 Å². The molecule has 3 aromatic rings.